The van der Waals surface area contributed by atoms with Gasteiger partial charge in [-0.15, -0.1) is 0 Å². The van der Waals surface area contributed by atoms with Crippen LogP contribution in [-0.4, -0.2) is 59.0 Å². The van der Waals surface area contributed by atoms with Crippen molar-refractivity contribution in [3.63, 3.8) is 0 Å². The molecule has 208 valence electrons. The Kier molecular flexibility index (Phi) is 9.95. The Morgan fingerprint density at radius 1 is 0.872 bits per heavy atom. The summed E-state index contributed by atoms with van der Waals surface area (Å²) in [4.78, 5) is 28.2. The van der Waals surface area contributed by atoms with E-state index in [1.807, 2.05) is 6.92 Å². The van der Waals surface area contributed by atoms with E-state index in [2.05, 4.69) is 5.32 Å². The van der Waals surface area contributed by atoms with Crippen molar-refractivity contribution < 1.29 is 27.5 Å². The second-order valence-corrected chi connectivity index (χ2v) is 10.8. The Balaban J connectivity index is 2.04. The molecule has 3 aromatic rings. The molecule has 0 spiro atoms. The number of anilines is 1. The zero-order valence-corrected chi connectivity index (χ0v) is 23.7. The third kappa shape index (κ3) is 7.08. The maximum absolute atomic E-state index is 13.9. The van der Waals surface area contributed by atoms with Crippen LogP contribution in [0, 0.1) is 6.92 Å². The first-order valence-electron chi connectivity index (χ1n) is 12.5. The second-order valence-electron chi connectivity index (χ2n) is 8.93. The Labute approximate surface area is 230 Å². The number of rotatable bonds is 12. The zero-order valence-electron chi connectivity index (χ0n) is 22.9. The van der Waals surface area contributed by atoms with E-state index in [4.69, 9.17) is 9.47 Å². The quantitative estimate of drug-likeness (QED) is 0.366. The topological polar surface area (TPSA) is 105 Å². The number of amides is 2. The lowest BCUT2D eigenvalue weighted by Gasteiger charge is -2.33. The normalized spacial score (nSPS) is 11.8. The molecule has 0 fully saturated rings. The number of nitrogens with zero attached hydrogens (tertiary/aromatic N) is 2. The van der Waals surface area contributed by atoms with Gasteiger partial charge in [-0.3, -0.25) is 13.9 Å². The third-order valence-corrected chi connectivity index (χ3v) is 8.18. The van der Waals surface area contributed by atoms with E-state index < -0.39 is 28.5 Å². The summed E-state index contributed by atoms with van der Waals surface area (Å²) in [6.45, 7) is 3.27. The van der Waals surface area contributed by atoms with Crippen LogP contribution in [0.4, 0.5) is 5.69 Å². The molecule has 2 amide bonds. The lowest BCUT2D eigenvalue weighted by atomic mass is 10.1. The van der Waals surface area contributed by atoms with Crippen molar-refractivity contribution in [2.45, 2.75) is 37.8 Å². The van der Waals surface area contributed by atoms with Crippen molar-refractivity contribution in [1.29, 1.82) is 0 Å². The van der Waals surface area contributed by atoms with Gasteiger partial charge in [0.25, 0.3) is 10.0 Å². The summed E-state index contributed by atoms with van der Waals surface area (Å²) in [7, 11) is 0.451. The van der Waals surface area contributed by atoms with Crippen molar-refractivity contribution in [3.05, 3.63) is 83.9 Å². The molecular formula is C29H35N3O6S. The molecule has 0 aliphatic rings. The van der Waals surface area contributed by atoms with Crippen LogP contribution in [0.15, 0.2) is 77.7 Å². The average Bonchev–Trinajstić information content (AvgIpc) is 2.96. The number of hydrogen-bond acceptors (Lipinski definition) is 6. The van der Waals surface area contributed by atoms with Crippen LogP contribution in [0.5, 0.6) is 11.5 Å². The first kappa shape index (κ1) is 29.5. The summed E-state index contributed by atoms with van der Waals surface area (Å²) < 4.78 is 39.2. The molecule has 0 aliphatic heterocycles. The largest absolute Gasteiger partial charge is 0.497 e. The Bertz CT molecular complexity index is 1360. The fourth-order valence-electron chi connectivity index (χ4n) is 4.13. The molecular weight excluding hydrogens is 518 g/mol. The summed E-state index contributed by atoms with van der Waals surface area (Å²) in [5.41, 5.74) is 1.97. The highest BCUT2D eigenvalue weighted by atomic mass is 32.2. The van der Waals surface area contributed by atoms with Crippen LogP contribution in [0.2, 0.25) is 0 Å². The molecule has 0 radical (unpaired) electrons. The van der Waals surface area contributed by atoms with Crippen molar-refractivity contribution in [2.75, 3.05) is 32.1 Å². The van der Waals surface area contributed by atoms with Gasteiger partial charge in [0.1, 0.15) is 24.1 Å². The number of aryl methyl sites for hydroxylation is 1. The minimum atomic E-state index is -4.13. The number of benzene rings is 3. The van der Waals surface area contributed by atoms with E-state index >= 15 is 0 Å². The van der Waals surface area contributed by atoms with Crippen LogP contribution in [0.25, 0.3) is 0 Å². The van der Waals surface area contributed by atoms with Gasteiger partial charge >= 0.3 is 0 Å². The molecule has 0 saturated heterocycles. The molecule has 39 heavy (non-hydrogen) atoms. The maximum Gasteiger partial charge on any atom is 0.264 e. The van der Waals surface area contributed by atoms with Crippen molar-refractivity contribution in [1.82, 2.24) is 10.2 Å². The first-order chi connectivity index (χ1) is 18.6. The standard InChI is InChI=1S/C29H35N3O6S/c1-6-27(29(34)30-3)31(19-22-9-13-24(37-4)14-10-22)28(33)20-32(23-11-15-25(38-5)16-12-23)39(35,36)26-17-7-21(2)8-18-26/h7-18,27H,6,19-20H2,1-5H3,(H,30,34)/t27-/m1/s1. The molecule has 3 rings (SSSR count). The predicted octanol–water partition coefficient (Wildman–Crippen LogP) is 3.76. The Morgan fingerprint density at radius 2 is 1.41 bits per heavy atom. The van der Waals surface area contributed by atoms with Gasteiger partial charge in [0.2, 0.25) is 11.8 Å². The molecule has 3 aromatic carbocycles. The first-order valence-corrected chi connectivity index (χ1v) is 14.0. The van der Waals surface area contributed by atoms with E-state index in [1.165, 1.54) is 31.2 Å². The highest BCUT2D eigenvalue weighted by Gasteiger charge is 2.33. The monoisotopic (exact) mass is 553 g/mol. The van der Waals surface area contributed by atoms with Crippen LogP contribution in [0.3, 0.4) is 0 Å². The summed E-state index contributed by atoms with van der Waals surface area (Å²) in [5.74, 6) is 0.346. The molecule has 9 nitrogen and oxygen atoms in total. The smallest absolute Gasteiger partial charge is 0.264 e. The highest BCUT2D eigenvalue weighted by molar-refractivity contribution is 7.92. The number of carbonyl (C=O) groups is 2. The van der Waals surface area contributed by atoms with Gasteiger partial charge in [-0.1, -0.05) is 36.8 Å². The van der Waals surface area contributed by atoms with Gasteiger partial charge < -0.3 is 19.7 Å². The van der Waals surface area contributed by atoms with E-state index in [0.717, 1.165) is 15.4 Å². The van der Waals surface area contributed by atoms with Crippen LogP contribution in [-0.2, 0) is 26.2 Å². The van der Waals surface area contributed by atoms with Gasteiger partial charge in [-0.25, -0.2) is 8.42 Å². The van der Waals surface area contributed by atoms with Crippen molar-refractivity contribution >= 4 is 27.5 Å². The van der Waals surface area contributed by atoms with Crippen molar-refractivity contribution in [3.8, 4) is 11.5 Å². The van der Waals surface area contributed by atoms with E-state index in [9.17, 15) is 18.0 Å². The summed E-state index contributed by atoms with van der Waals surface area (Å²) in [5, 5.41) is 2.62. The molecule has 0 aromatic heterocycles. The second kappa shape index (κ2) is 13.1. The van der Waals surface area contributed by atoms with Gasteiger partial charge in [0.05, 0.1) is 24.8 Å². The minimum absolute atomic E-state index is 0.0526. The molecule has 1 N–H and O–H groups in total. The Morgan fingerprint density at radius 3 is 1.90 bits per heavy atom. The van der Waals surface area contributed by atoms with Crippen LogP contribution >= 0.6 is 0 Å². The summed E-state index contributed by atoms with van der Waals surface area (Å²) in [6.07, 6.45) is 0.342. The van der Waals surface area contributed by atoms with Gasteiger partial charge in [-0.2, -0.15) is 0 Å². The fraction of sp³-hybridized carbons (Fsp3) is 0.310. The molecule has 0 heterocycles. The number of nitrogens with one attached hydrogen (secondary N) is 1. The number of methoxy groups -OCH3 is 2. The zero-order chi connectivity index (χ0) is 28.6. The van der Waals surface area contributed by atoms with Crippen molar-refractivity contribution in [2.24, 2.45) is 0 Å². The number of ether oxygens (including phenoxy) is 2. The molecule has 0 bridgehead atoms. The Hall–Kier alpha value is -4.05. The lowest BCUT2D eigenvalue weighted by Crippen LogP contribution is -2.51. The molecule has 0 unspecified atom stereocenters. The summed E-state index contributed by atoms with van der Waals surface area (Å²) in [6, 6.07) is 19.2. The van der Waals surface area contributed by atoms with Gasteiger partial charge in [0, 0.05) is 13.6 Å². The molecule has 1 atom stereocenters. The summed E-state index contributed by atoms with van der Waals surface area (Å²) >= 11 is 0. The number of hydrogen-bond donors (Lipinski definition) is 1. The average molecular weight is 554 g/mol. The number of likely N-dealkylation sites (N-methyl/N-ethyl adjacent to an activating group) is 1. The SMILES string of the molecule is CC[C@H](C(=O)NC)N(Cc1ccc(OC)cc1)C(=O)CN(c1ccc(OC)cc1)S(=O)(=O)c1ccc(C)cc1. The number of carbonyl (C=O) groups excluding carboxylic acids is 2. The maximum atomic E-state index is 13.9. The number of sulfonamides is 1. The van der Waals surface area contributed by atoms with Crippen LogP contribution in [0.1, 0.15) is 24.5 Å². The van der Waals surface area contributed by atoms with E-state index in [1.54, 1.807) is 74.7 Å². The predicted molar refractivity (Wildman–Crippen MR) is 150 cm³/mol. The molecule has 10 heteroatoms. The minimum Gasteiger partial charge on any atom is -0.497 e. The van der Waals surface area contributed by atoms with Gasteiger partial charge in [-0.05, 0) is 67.4 Å². The fourth-order valence-corrected chi connectivity index (χ4v) is 5.54. The third-order valence-electron chi connectivity index (χ3n) is 6.39. The molecule has 0 aliphatic carbocycles. The van der Waals surface area contributed by atoms with Gasteiger partial charge in [0.15, 0.2) is 0 Å². The lowest BCUT2D eigenvalue weighted by molar-refractivity contribution is -0.140. The van der Waals surface area contributed by atoms with E-state index in [-0.39, 0.29) is 17.3 Å². The van der Waals surface area contributed by atoms with Crippen LogP contribution < -0.4 is 19.1 Å². The molecule has 0 saturated carbocycles. The van der Waals surface area contributed by atoms with E-state index in [0.29, 0.717) is 23.6 Å². The highest BCUT2D eigenvalue weighted by Crippen LogP contribution is 2.27.